The van der Waals surface area contributed by atoms with Crippen LogP contribution in [0.15, 0.2) is 17.1 Å². The number of pyridine rings is 1. The lowest BCUT2D eigenvalue weighted by Gasteiger charge is -2.05. The lowest BCUT2D eigenvalue weighted by Crippen LogP contribution is -2.20. The molecule has 0 saturated heterocycles. The monoisotopic (exact) mass is 177 g/mol. The Morgan fingerprint density at radius 1 is 1.62 bits per heavy atom. The highest BCUT2D eigenvalue weighted by molar-refractivity contribution is 5.76. The highest BCUT2D eigenvalue weighted by atomic mass is 16.1. The SMILES string of the molecule is CCn1c(C)cc2[nH]ncc2c1=O. The molecular weight excluding hydrogens is 166 g/mol. The first-order chi connectivity index (χ1) is 6.24. The average molecular weight is 177 g/mol. The van der Waals surface area contributed by atoms with E-state index >= 15 is 0 Å². The van der Waals surface area contributed by atoms with Gasteiger partial charge in [-0.25, -0.2) is 0 Å². The number of hydrogen-bond donors (Lipinski definition) is 1. The second-order valence-electron chi connectivity index (χ2n) is 3.03. The van der Waals surface area contributed by atoms with Crippen LogP contribution in [0.3, 0.4) is 0 Å². The van der Waals surface area contributed by atoms with Gasteiger partial charge in [0.15, 0.2) is 0 Å². The first-order valence-corrected chi connectivity index (χ1v) is 4.27. The molecule has 0 fully saturated rings. The van der Waals surface area contributed by atoms with Gasteiger partial charge in [0, 0.05) is 12.2 Å². The lowest BCUT2D eigenvalue weighted by atomic mass is 10.3. The fraction of sp³-hybridized carbons (Fsp3) is 0.333. The third-order valence-corrected chi connectivity index (χ3v) is 2.24. The molecule has 0 bridgehead atoms. The maximum Gasteiger partial charge on any atom is 0.261 e. The molecule has 13 heavy (non-hydrogen) atoms. The molecule has 0 aliphatic carbocycles. The topological polar surface area (TPSA) is 50.7 Å². The smallest absolute Gasteiger partial charge is 0.261 e. The van der Waals surface area contributed by atoms with Crippen molar-refractivity contribution in [3.05, 3.63) is 28.3 Å². The normalized spacial score (nSPS) is 10.9. The quantitative estimate of drug-likeness (QED) is 0.707. The molecule has 0 atom stereocenters. The van der Waals surface area contributed by atoms with Crippen LogP contribution < -0.4 is 5.56 Å². The van der Waals surface area contributed by atoms with Crippen molar-refractivity contribution in [3.8, 4) is 0 Å². The summed E-state index contributed by atoms with van der Waals surface area (Å²) in [6.07, 6.45) is 1.57. The number of nitrogens with one attached hydrogen (secondary N) is 1. The van der Waals surface area contributed by atoms with Gasteiger partial charge in [0.25, 0.3) is 5.56 Å². The highest BCUT2D eigenvalue weighted by Gasteiger charge is 2.05. The van der Waals surface area contributed by atoms with Gasteiger partial charge in [-0.3, -0.25) is 9.89 Å². The molecule has 0 radical (unpaired) electrons. The minimum atomic E-state index is 0.0336. The summed E-state index contributed by atoms with van der Waals surface area (Å²) < 4.78 is 1.73. The number of fused-ring (bicyclic) bond motifs is 1. The maximum atomic E-state index is 11.7. The predicted octanol–water partition coefficient (Wildman–Crippen LogP) is 1.05. The third kappa shape index (κ3) is 1.06. The molecule has 0 spiro atoms. The van der Waals surface area contributed by atoms with Crippen LogP contribution in [0.1, 0.15) is 12.6 Å². The Kier molecular flexibility index (Phi) is 1.69. The van der Waals surface area contributed by atoms with Gasteiger partial charge in [-0.05, 0) is 19.9 Å². The molecule has 0 aromatic carbocycles. The van der Waals surface area contributed by atoms with Gasteiger partial charge in [0.05, 0.1) is 17.1 Å². The molecule has 0 saturated carbocycles. The molecule has 2 heterocycles. The molecule has 2 rings (SSSR count). The van der Waals surface area contributed by atoms with E-state index < -0.39 is 0 Å². The molecule has 1 N–H and O–H groups in total. The number of hydrogen-bond acceptors (Lipinski definition) is 2. The summed E-state index contributed by atoms with van der Waals surface area (Å²) in [6, 6.07) is 1.94. The summed E-state index contributed by atoms with van der Waals surface area (Å²) in [4.78, 5) is 11.7. The summed E-state index contributed by atoms with van der Waals surface area (Å²) in [7, 11) is 0. The van der Waals surface area contributed by atoms with E-state index in [0.29, 0.717) is 11.9 Å². The van der Waals surface area contributed by atoms with Crippen LogP contribution in [0.5, 0.6) is 0 Å². The molecular formula is C9H11N3O. The fourth-order valence-corrected chi connectivity index (χ4v) is 1.56. The zero-order valence-electron chi connectivity index (χ0n) is 7.66. The largest absolute Gasteiger partial charge is 0.313 e. The summed E-state index contributed by atoms with van der Waals surface area (Å²) in [6.45, 7) is 4.58. The van der Waals surface area contributed by atoms with Crippen molar-refractivity contribution >= 4 is 10.9 Å². The lowest BCUT2D eigenvalue weighted by molar-refractivity contribution is 0.708. The van der Waals surface area contributed by atoms with E-state index in [4.69, 9.17) is 0 Å². The van der Waals surface area contributed by atoms with Gasteiger partial charge >= 0.3 is 0 Å². The van der Waals surface area contributed by atoms with E-state index in [1.807, 2.05) is 19.9 Å². The van der Waals surface area contributed by atoms with Crippen molar-refractivity contribution in [2.24, 2.45) is 0 Å². The number of aryl methyl sites for hydroxylation is 1. The van der Waals surface area contributed by atoms with E-state index in [2.05, 4.69) is 10.2 Å². The minimum Gasteiger partial charge on any atom is -0.313 e. The molecule has 0 aliphatic heterocycles. The predicted molar refractivity (Wildman–Crippen MR) is 50.8 cm³/mol. The number of aromatic nitrogens is 3. The molecule has 0 amide bonds. The van der Waals surface area contributed by atoms with Crippen molar-refractivity contribution in [3.63, 3.8) is 0 Å². The van der Waals surface area contributed by atoms with Crippen LogP contribution in [-0.2, 0) is 6.54 Å². The third-order valence-electron chi connectivity index (χ3n) is 2.24. The van der Waals surface area contributed by atoms with Gasteiger partial charge in [-0.1, -0.05) is 0 Å². The van der Waals surface area contributed by atoms with E-state index in [0.717, 1.165) is 11.2 Å². The standard InChI is InChI=1S/C9H11N3O/c1-3-12-6(2)4-8-7(9(12)13)5-10-11-8/h4-5H,3H2,1-2H3,(H,10,11). The Bertz CT molecular complexity index is 495. The zero-order valence-corrected chi connectivity index (χ0v) is 7.66. The van der Waals surface area contributed by atoms with Crippen molar-refractivity contribution < 1.29 is 0 Å². The molecule has 2 aromatic heterocycles. The van der Waals surface area contributed by atoms with Gasteiger partial charge in [0.1, 0.15) is 0 Å². The molecule has 0 aliphatic rings. The van der Waals surface area contributed by atoms with Gasteiger partial charge in [0.2, 0.25) is 0 Å². The summed E-state index contributed by atoms with van der Waals surface area (Å²) in [5.74, 6) is 0. The van der Waals surface area contributed by atoms with Gasteiger partial charge in [-0.15, -0.1) is 0 Å². The van der Waals surface area contributed by atoms with Crippen LogP contribution in [0.25, 0.3) is 10.9 Å². The van der Waals surface area contributed by atoms with Gasteiger partial charge in [-0.2, -0.15) is 5.10 Å². The van der Waals surface area contributed by atoms with Crippen LogP contribution in [0.4, 0.5) is 0 Å². The summed E-state index contributed by atoms with van der Waals surface area (Å²) >= 11 is 0. The van der Waals surface area contributed by atoms with Crippen LogP contribution in [-0.4, -0.2) is 14.8 Å². The molecule has 4 nitrogen and oxygen atoms in total. The van der Waals surface area contributed by atoms with Crippen molar-refractivity contribution in [2.45, 2.75) is 20.4 Å². The molecule has 2 aromatic rings. The van der Waals surface area contributed by atoms with E-state index in [1.54, 1.807) is 10.8 Å². The van der Waals surface area contributed by atoms with E-state index in [1.165, 1.54) is 0 Å². The van der Waals surface area contributed by atoms with E-state index in [-0.39, 0.29) is 5.56 Å². The second kappa shape index (κ2) is 2.73. The van der Waals surface area contributed by atoms with Crippen molar-refractivity contribution in [2.75, 3.05) is 0 Å². The van der Waals surface area contributed by atoms with Crippen LogP contribution >= 0.6 is 0 Å². The summed E-state index contributed by atoms with van der Waals surface area (Å²) in [5, 5.41) is 7.29. The van der Waals surface area contributed by atoms with Crippen LogP contribution in [0, 0.1) is 6.92 Å². The van der Waals surface area contributed by atoms with Crippen LogP contribution in [0.2, 0.25) is 0 Å². The number of nitrogens with zero attached hydrogens (tertiary/aromatic N) is 2. The Balaban J connectivity index is 2.93. The maximum absolute atomic E-state index is 11.7. The highest BCUT2D eigenvalue weighted by Crippen LogP contribution is 2.07. The zero-order chi connectivity index (χ0) is 9.42. The number of rotatable bonds is 1. The first kappa shape index (κ1) is 8.04. The Morgan fingerprint density at radius 2 is 2.38 bits per heavy atom. The van der Waals surface area contributed by atoms with Gasteiger partial charge < -0.3 is 4.57 Å². The Labute approximate surface area is 75.2 Å². The average Bonchev–Trinajstić information content (AvgIpc) is 2.53. The Hall–Kier alpha value is -1.58. The number of aromatic amines is 1. The minimum absolute atomic E-state index is 0.0336. The van der Waals surface area contributed by atoms with Crippen molar-refractivity contribution in [1.29, 1.82) is 0 Å². The molecule has 68 valence electrons. The van der Waals surface area contributed by atoms with E-state index in [9.17, 15) is 4.79 Å². The molecule has 4 heteroatoms. The second-order valence-corrected chi connectivity index (χ2v) is 3.03. The van der Waals surface area contributed by atoms with Crippen molar-refractivity contribution in [1.82, 2.24) is 14.8 Å². The number of H-pyrrole nitrogens is 1. The Morgan fingerprint density at radius 3 is 3.08 bits per heavy atom. The summed E-state index contributed by atoms with van der Waals surface area (Å²) in [5.41, 5.74) is 1.81. The molecule has 0 unspecified atom stereocenters. The first-order valence-electron chi connectivity index (χ1n) is 4.27. The fourth-order valence-electron chi connectivity index (χ4n) is 1.56.